The van der Waals surface area contributed by atoms with Gasteiger partial charge in [0, 0.05) is 43.0 Å². The van der Waals surface area contributed by atoms with E-state index in [-0.39, 0.29) is 28.5 Å². The van der Waals surface area contributed by atoms with Crippen LogP contribution >= 0.6 is 0 Å². The standard InChI is InChI=1S/C30H34N4O4/c1-38-24-11-7-22(8-12-24)30(37)32-26-14-13-25(29(36)27(26)31)28(35)21-5-9-23(10-6-21)34-16-2-15-33(17-18-34)19-20-3-4-20/h5-14,20,36H,2-4,15-19,31H2,1H3,(H,32,37). The van der Waals surface area contributed by atoms with Crippen molar-refractivity contribution < 1.29 is 19.4 Å². The maximum atomic E-state index is 13.2. The van der Waals surface area contributed by atoms with Crippen LogP contribution in [0.3, 0.4) is 0 Å². The lowest BCUT2D eigenvalue weighted by molar-refractivity contribution is 0.102. The van der Waals surface area contributed by atoms with Gasteiger partial charge in [-0.15, -0.1) is 0 Å². The van der Waals surface area contributed by atoms with Crippen molar-refractivity contribution in [3.8, 4) is 11.5 Å². The van der Waals surface area contributed by atoms with Crippen molar-refractivity contribution in [2.75, 3.05) is 55.8 Å². The minimum absolute atomic E-state index is 0.0605. The molecular formula is C30H34N4O4. The molecule has 4 N–H and O–H groups in total. The number of methoxy groups -OCH3 is 1. The van der Waals surface area contributed by atoms with Gasteiger partial charge in [-0.3, -0.25) is 9.59 Å². The summed E-state index contributed by atoms with van der Waals surface area (Å²) in [7, 11) is 1.55. The van der Waals surface area contributed by atoms with E-state index in [0.29, 0.717) is 16.9 Å². The molecule has 0 atom stereocenters. The van der Waals surface area contributed by atoms with Crippen LogP contribution in [0.5, 0.6) is 11.5 Å². The molecule has 0 bridgehead atoms. The van der Waals surface area contributed by atoms with Crippen LogP contribution in [0.1, 0.15) is 45.5 Å². The number of hydrogen-bond donors (Lipinski definition) is 3. The first-order valence-electron chi connectivity index (χ1n) is 13.1. The number of nitrogens with zero attached hydrogens (tertiary/aromatic N) is 2. The molecule has 1 aliphatic carbocycles. The van der Waals surface area contributed by atoms with E-state index in [2.05, 4.69) is 15.1 Å². The largest absolute Gasteiger partial charge is 0.505 e. The van der Waals surface area contributed by atoms with Gasteiger partial charge in [0.05, 0.1) is 24.0 Å². The zero-order chi connectivity index (χ0) is 26.6. The molecule has 1 aliphatic heterocycles. The number of nitrogens with two attached hydrogens (primary N) is 1. The Kier molecular flexibility index (Phi) is 7.51. The van der Waals surface area contributed by atoms with Gasteiger partial charge in [-0.25, -0.2) is 0 Å². The average Bonchev–Trinajstić information content (AvgIpc) is 3.79. The molecule has 0 unspecified atom stereocenters. The molecule has 0 aromatic heterocycles. The molecule has 3 aromatic carbocycles. The van der Waals surface area contributed by atoms with Crippen molar-refractivity contribution in [2.24, 2.45) is 5.92 Å². The van der Waals surface area contributed by atoms with Crippen LogP contribution in [0.4, 0.5) is 17.1 Å². The summed E-state index contributed by atoms with van der Waals surface area (Å²) in [4.78, 5) is 30.7. The fourth-order valence-electron chi connectivity index (χ4n) is 4.89. The zero-order valence-corrected chi connectivity index (χ0v) is 21.7. The van der Waals surface area contributed by atoms with Gasteiger partial charge in [-0.05, 0) is 92.4 Å². The number of amides is 1. The molecule has 1 saturated heterocycles. The van der Waals surface area contributed by atoms with E-state index in [1.165, 1.54) is 31.5 Å². The molecule has 198 valence electrons. The van der Waals surface area contributed by atoms with Crippen LogP contribution in [-0.4, -0.2) is 61.5 Å². The van der Waals surface area contributed by atoms with Gasteiger partial charge in [0.2, 0.25) is 0 Å². The molecule has 2 fully saturated rings. The highest BCUT2D eigenvalue weighted by atomic mass is 16.5. The fourth-order valence-corrected chi connectivity index (χ4v) is 4.89. The molecule has 38 heavy (non-hydrogen) atoms. The quantitative estimate of drug-likeness (QED) is 0.232. The molecule has 2 aliphatic rings. The number of phenols is 1. The van der Waals surface area contributed by atoms with Crippen LogP contribution in [-0.2, 0) is 0 Å². The minimum atomic E-state index is -0.391. The Hall–Kier alpha value is -4.04. The number of nitrogen functional groups attached to an aromatic ring is 1. The Morgan fingerprint density at radius 3 is 2.34 bits per heavy atom. The Morgan fingerprint density at radius 1 is 0.947 bits per heavy atom. The van der Waals surface area contributed by atoms with Gasteiger partial charge >= 0.3 is 0 Å². The molecule has 1 heterocycles. The molecule has 0 spiro atoms. The summed E-state index contributed by atoms with van der Waals surface area (Å²) in [6, 6.07) is 17.1. The van der Waals surface area contributed by atoms with E-state index in [0.717, 1.165) is 44.2 Å². The van der Waals surface area contributed by atoms with E-state index in [1.54, 1.807) is 43.5 Å². The van der Waals surface area contributed by atoms with E-state index < -0.39 is 5.91 Å². The smallest absolute Gasteiger partial charge is 0.255 e. The number of anilines is 3. The number of ether oxygens (including phenoxy) is 1. The van der Waals surface area contributed by atoms with Crippen molar-refractivity contribution in [1.82, 2.24) is 4.90 Å². The van der Waals surface area contributed by atoms with Crippen LogP contribution in [0.2, 0.25) is 0 Å². The third kappa shape index (κ3) is 5.75. The average molecular weight is 515 g/mol. The van der Waals surface area contributed by atoms with Crippen LogP contribution < -0.4 is 20.7 Å². The Morgan fingerprint density at radius 2 is 1.66 bits per heavy atom. The van der Waals surface area contributed by atoms with Gasteiger partial charge in [-0.1, -0.05) is 0 Å². The number of benzene rings is 3. The van der Waals surface area contributed by atoms with Gasteiger partial charge in [0.1, 0.15) is 5.75 Å². The lowest BCUT2D eigenvalue weighted by Gasteiger charge is -2.24. The van der Waals surface area contributed by atoms with Gasteiger partial charge in [0.15, 0.2) is 11.5 Å². The number of hydrogen-bond acceptors (Lipinski definition) is 7. The highest BCUT2D eigenvalue weighted by Gasteiger charge is 2.25. The summed E-state index contributed by atoms with van der Waals surface area (Å²) in [6.45, 7) is 5.39. The van der Waals surface area contributed by atoms with Crippen molar-refractivity contribution in [3.05, 3.63) is 77.4 Å². The summed E-state index contributed by atoms with van der Waals surface area (Å²) >= 11 is 0. The maximum Gasteiger partial charge on any atom is 0.255 e. The first kappa shape index (κ1) is 25.6. The highest BCUT2D eigenvalue weighted by Crippen LogP contribution is 2.34. The van der Waals surface area contributed by atoms with Gasteiger partial charge in [-0.2, -0.15) is 0 Å². The van der Waals surface area contributed by atoms with E-state index >= 15 is 0 Å². The molecule has 8 heteroatoms. The minimum Gasteiger partial charge on any atom is -0.505 e. The monoisotopic (exact) mass is 514 g/mol. The topological polar surface area (TPSA) is 108 Å². The van der Waals surface area contributed by atoms with Crippen molar-refractivity contribution in [2.45, 2.75) is 19.3 Å². The lowest BCUT2D eigenvalue weighted by atomic mass is 10.0. The summed E-state index contributed by atoms with van der Waals surface area (Å²) in [5.74, 6) is 0.459. The predicted octanol–water partition coefficient (Wildman–Crippen LogP) is 4.39. The lowest BCUT2D eigenvalue weighted by Crippen LogP contribution is -2.32. The maximum absolute atomic E-state index is 13.2. The van der Waals surface area contributed by atoms with Crippen LogP contribution in [0.15, 0.2) is 60.7 Å². The van der Waals surface area contributed by atoms with E-state index in [9.17, 15) is 14.7 Å². The summed E-state index contributed by atoms with van der Waals surface area (Å²) in [6.07, 6.45) is 3.87. The fraction of sp³-hybridized carbons (Fsp3) is 0.333. The second kappa shape index (κ2) is 11.1. The van der Waals surface area contributed by atoms with Crippen LogP contribution in [0.25, 0.3) is 0 Å². The molecule has 1 saturated carbocycles. The van der Waals surface area contributed by atoms with Crippen molar-refractivity contribution >= 4 is 28.8 Å². The van der Waals surface area contributed by atoms with Gasteiger partial charge in [0.25, 0.3) is 5.91 Å². The van der Waals surface area contributed by atoms with E-state index in [4.69, 9.17) is 10.5 Å². The third-order valence-corrected chi connectivity index (χ3v) is 7.36. The Labute approximate surface area is 223 Å². The first-order valence-corrected chi connectivity index (χ1v) is 13.1. The summed E-state index contributed by atoms with van der Waals surface area (Å²) in [5, 5.41) is 13.4. The number of aromatic hydroxyl groups is 1. The molecule has 5 rings (SSSR count). The Bertz CT molecular complexity index is 1300. The molecule has 3 aromatic rings. The number of rotatable bonds is 8. The number of carbonyl (C=O) groups is 2. The third-order valence-electron chi connectivity index (χ3n) is 7.36. The SMILES string of the molecule is COc1ccc(C(=O)Nc2ccc(C(=O)c3ccc(N4CCCN(CC5CC5)CC4)cc3)c(O)c2N)cc1. The number of ketones is 1. The molecule has 1 amide bonds. The molecule has 8 nitrogen and oxygen atoms in total. The summed E-state index contributed by atoms with van der Waals surface area (Å²) < 4.78 is 5.11. The number of carbonyl (C=O) groups excluding carboxylic acids is 2. The van der Waals surface area contributed by atoms with Crippen LogP contribution in [0, 0.1) is 5.92 Å². The van der Waals surface area contributed by atoms with E-state index in [1.807, 2.05) is 12.1 Å². The highest BCUT2D eigenvalue weighted by molar-refractivity contribution is 6.13. The second-order valence-electron chi connectivity index (χ2n) is 10.1. The Balaban J connectivity index is 1.24. The summed E-state index contributed by atoms with van der Waals surface area (Å²) in [5.41, 5.74) is 8.32. The van der Waals surface area contributed by atoms with Gasteiger partial charge < -0.3 is 30.7 Å². The number of phenolic OH excluding ortho intramolecular Hbond substituents is 1. The first-order chi connectivity index (χ1) is 18.4. The zero-order valence-electron chi connectivity index (χ0n) is 21.7. The van der Waals surface area contributed by atoms with Crippen molar-refractivity contribution in [3.63, 3.8) is 0 Å². The molecule has 0 radical (unpaired) electrons. The second-order valence-corrected chi connectivity index (χ2v) is 10.1. The normalized spacial score (nSPS) is 16.1. The van der Waals surface area contributed by atoms with Crippen molar-refractivity contribution in [1.29, 1.82) is 0 Å². The molecular weight excluding hydrogens is 480 g/mol. The predicted molar refractivity (Wildman–Crippen MR) is 149 cm³/mol. The number of nitrogens with one attached hydrogen (secondary N) is 1.